The van der Waals surface area contributed by atoms with Crippen LogP contribution in [-0.4, -0.2) is 44.8 Å². The van der Waals surface area contributed by atoms with Gasteiger partial charge in [-0.3, -0.25) is 14.5 Å². The molecule has 2 heterocycles. The topological polar surface area (TPSA) is 87.5 Å². The quantitative estimate of drug-likeness (QED) is 0.678. The number of amides is 2. The number of hydrogen-bond acceptors (Lipinski definition) is 5. The first kappa shape index (κ1) is 21.4. The van der Waals surface area contributed by atoms with Crippen LogP contribution in [0, 0.1) is 0 Å². The molecule has 2 amide bonds. The average Bonchev–Trinajstić information content (AvgIpc) is 3.22. The highest BCUT2D eigenvalue weighted by Crippen LogP contribution is 2.39. The first-order chi connectivity index (χ1) is 14.7. The summed E-state index contributed by atoms with van der Waals surface area (Å²) in [5.41, 5.74) is -0.0213. The summed E-state index contributed by atoms with van der Waals surface area (Å²) in [6.45, 7) is -0.552. The summed E-state index contributed by atoms with van der Waals surface area (Å²) in [4.78, 5) is 25.3. The number of hydrogen-bond donors (Lipinski definition) is 2. The van der Waals surface area contributed by atoms with E-state index in [2.05, 4.69) is 10.4 Å². The van der Waals surface area contributed by atoms with Crippen molar-refractivity contribution >= 4 is 29.1 Å². The maximum atomic E-state index is 13.6. The van der Waals surface area contributed by atoms with Crippen LogP contribution in [0.5, 0.6) is 0 Å². The summed E-state index contributed by atoms with van der Waals surface area (Å²) in [6.07, 6.45) is -1.50. The van der Waals surface area contributed by atoms with E-state index in [-0.39, 0.29) is 47.2 Å². The second-order valence-corrected chi connectivity index (χ2v) is 7.64. The number of aliphatic hydroxyl groups is 1. The van der Waals surface area contributed by atoms with Crippen LogP contribution in [0.2, 0.25) is 5.02 Å². The highest BCUT2D eigenvalue weighted by atomic mass is 35.5. The number of nitrogens with one attached hydrogen (secondary N) is 1. The Hall–Kier alpha value is -2.85. The maximum Gasteiger partial charge on any atom is 0.435 e. The van der Waals surface area contributed by atoms with Crippen LogP contribution in [0.15, 0.2) is 30.0 Å². The number of anilines is 1. The van der Waals surface area contributed by atoms with Gasteiger partial charge in [-0.25, -0.2) is 4.68 Å². The van der Waals surface area contributed by atoms with Gasteiger partial charge in [0, 0.05) is 17.3 Å². The Morgan fingerprint density at radius 3 is 2.65 bits per heavy atom. The number of aromatic nitrogens is 2. The predicted molar refractivity (Wildman–Crippen MR) is 106 cm³/mol. The molecule has 31 heavy (non-hydrogen) atoms. The summed E-state index contributed by atoms with van der Waals surface area (Å²) in [7, 11) is 0. The van der Waals surface area contributed by atoms with Crippen LogP contribution in [0.1, 0.15) is 29.8 Å². The molecule has 1 aliphatic heterocycles. The van der Waals surface area contributed by atoms with Crippen molar-refractivity contribution in [2.75, 3.05) is 18.5 Å². The van der Waals surface area contributed by atoms with Crippen LogP contribution in [0.3, 0.4) is 0 Å². The van der Waals surface area contributed by atoms with E-state index in [1.54, 1.807) is 12.1 Å². The van der Waals surface area contributed by atoms with Crippen LogP contribution in [0.25, 0.3) is 5.69 Å². The number of rotatable bonds is 5. The number of halogens is 4. The molecule has 2 N–H and O–H groups in total. The SMILES string of the molecule is O=C1C=C(Nc2cccc(Cl)c2-n2nc(C(F)(F)F)c3c2CCCC3)C(=O)N1CCO. The van der Waals surface area contributed by atoms with Gasteiger partial charge in [-0.05, 0) is 37.8 Å². The Morgan fingerprint density at radius 2 is 1.94 bits per heavy atom. The van der Waals surface area contributed by atoms with Gasteiger partial charge in [-0.2, -0.15) is 18.3 Å². The van der Waals surface area contributed by atoms with Crippen molar-refractivity contribution in [3.8, 4) is 5.69 Å². The van der Waals surface area contributed by atoms with Crippen LogP contribution >= 0.6 is 11.6 Å². The lowest BCUT2D eigenvalue weighted by Crippen LogP contribution is -2.34. The van der Waals surface area contributed by atoms with Gasteiger partial charge in [-0.15, -0.1) is 0 Å². The molecule has 0 spiro atoms. The summed E-state index contributed by atoms with van der Waals surface area (Å²) >= 11 is 6.36. The van der Waals surface area contributed by atoms with E-state index in [1.807, 2.05) is 0 Å². The van der Waals surface area contributed by atoms with Gasteiger partial charge in [0.15, 0.2) is 5.69 Å². The third kappa shape index (κ3) is 3.81. The van der Waals surface area contributed by atoms with Crippen molar-refractivity contribution in [2.24, 2.45) is 0 Å². The summed E-state index contributed by atoms with van der Waals surface area (Å²) in [5, 5.41) is 15.8. The fourth-order valence-electron chi connectivity index (χ4n) is 3.90. The molecule has 1 aromatic carbocycles. The molecule has 0 bridgehead atoms. The Kier molecular flexibility index (Phi) is 5.52. The number of imide groups is 1. The molecule has 2 aromatic rings. The molecule has 0 saturated heterocycles. The van der Waals surface area contributed by atoms with Gasteiger partial charge < -0.3 is 10.4 Å². The van der Waals surface area contributed by atoms with Gasteiger partial charge in [-0.1, -0.05) is 17.7 Å². The molecular weight excluding hydrogens is 437 g/mol. The third-order valence-electron chi connectivity index (χ3n) is 5.25. The first-order valence-corrected chi connectivity index (χ1v) is 10.0. The molecule has 0 radical (unpaired) electrons. The summed E-state index contributed by atoms with van der Waals surface area (Å²) in [5.74, 6) is -1.25. The summed E-state index contributed by atoms with van der Waals surface area (Å²) < 4.78 is 42.0. The molecule has 0 unspecified atom stereocenters. The van der Waals surface area contributed by atoms with Gasteiger partial charge >= 0.3 is 6.18 Å². The van der Waals surface area contributed by atoms with E-state index >= 15 is 0 Å². The second-order valence-electron chi connectivity index (χ2n) is 7.23. The molecule has 0 atom stereocenters. The zero-order valence-corrected chi connectivity index (χ0v) is 16.9. The number of fused-ring (bicyclic) bond motifs is 1. The first-order valence-electron chi connectivity index (χ1n) is 9.64. The Balaban J connectivity index is 1.79. The molecule has 7 nitrogen and oxygen atoms in total. The van der Waals surface area contributed by atoms with Crippen molar-refractivity contribution in [3.05, 3.63) is 51.9 Å². The molecular formula is C20H18ClF3N4O3. The molecule has 4 rings (SSSR count). The number of nitrogens with zero attached hydrogens (tertiary/aromatic N) is 3. The molecule has 1 aromatic heterocycles. The molecule has 0 fully saturated rings. The van der Waals surface area contributed by atoms with E-state index < -0.39 is 23.7 Å². The molecule has 0 saturated carbocycles. The molecule has 164 valence electrons. The number of carbonyl (C=O) groups is 2. The van der Waals surface area contributed by atoms with Gasteiger partial charge in [0.2, 0.25) is 0 Å². The van der Waals surface area contributed by atoms with Crippen molar-refractivity contribution < 1.29 is 27.9 Å². The van der Waals surface area contributed by atoms with Crippen molar-refractivity contribution in [1.82, 2.24) is 14.7 Å². The van der Waals surface area contributed by atoms with Crippen molar-refractivity contribution in [2.45, 2.75) is 31.9 Å². The minimum absolute atomic E-state index is 0.0703. The molecule has 1 aliphatic carbocycles. The largest absolute Gasteiger partial charge is 0.435 e. The van der Waals surface area contributed by atoms with E-state index in [9.17, 15) is 22.8 Å². The van der Waals surface area contributed by atoms with Crippen molar-refractivity contribution in [1.29, 1.82) is 0 Å². The van der Waals surface area contributed by atoms with E-state index in [0.29, 0.717) is 18.5 Å². The monoisotopic (exact) mass is 454 g/mol. The van der Waals surface area contributed by atoms with Crippen LogP contribution < -0.4 is 5.32 Å². The molecule has 2 aliphatic rings. The summed E-state index contributed by atoms with van der Waals surface area (Å²) in [6, 6.07) is 4.63. The number of para-hydroxylation sites is 1. The van der Waals surface area contributed by atoms with E-state index in [4.69, 9.17) is 16.7 Å². The highest BCUT2D eigenvalue weighted by Gasteiger charge is 2.40. The van der Waals surface area contributed by atoms with Gasteiger partial charge in [0.1, 0.15) is 11.4 Å². The van der Waals surface area contributed by atoms with Crippen molar-refractivity contribution in [3.63, 3.8) is 0 Å². The number of benzene rings is 1. The fourth-order valence-corrected chi connectivity index (χ4v) is 4.15. The third-order valence-corrected chi connectivity index (χ3v) is 5.55. The number of carbonyl (C=O) groups excluding carboxylic acids is 2. The number of β-amino-alcohol motifs (C(OH)–C–C–N with tert-alkyl or cyclic N) is 1. The lowest BCUT2D eigenvalue weighted by atomic mass is 9.95. The minimum atomic E-state index is -4.61. The van der Waals surface area contributed by atoms with E-state index in [1.165, 1.54) is 10.7 Å². The smallest absolute Gasteiger partial charge is 0.395 e. The van der Waals surface area contributed by atoms with E-state index in [0.717, 1.165) is 17.4 Å². The normalized spacial score (nSPS) is 16.5. The lowest BCUT2D eigenvalue weighted by Gasteiger charge is -2.19. The second kappa shape index (κ2) is 8.01. The predicted octanol–water partition coefficient (Wildman–Crippen LogP) is 3.08. The minimum Gasteiger partial charge on any atom is -0.395 e. The molecule has 11 heteroatoms. The zero-order chi connectivity index (χ0) is 22.3. The standard InChI is InChI=1S/C20H18ClF3N4O3/c21-12-5-3-6-13(25-14-10-16(30)27(8-9-29)19(14)31)17(12)28-15-7-2-1-4-11(15)18(26-28)20(22,23)24/h3,5-6,10,25,29H,1-2,4,7-9H2. The Bertz CT molecular complexity index is 1090. The maximum absolute atomic E-state index is 13.6. The highest BCUT2D eigenvalue weighted by molar-refractivity contribution is 6.33. The Morgan fingerprint density at radius 1 is 1.19 bits per heavy atom. The lowest BCUT2D eigenvalue weighted by molar-refractivity contribution is -0.142. The number of aliphatic hydroxyl groups excluding tert-OH is 1. The zero-order valence-electron chi connectivity index (χ0n) is 16.2. The van der Waals surface area contributed by atoms with Crippen LogP contribution in [0.4, 0.5) is 18.9 Å². The van der Waals surface area contributed by atoms with Gasteiger partial charge in [0.25, 0.3) is 11.8 Å². The average molecular weight is 455 g/mol. The van der Waals surface area contributed by atoms with Crippen LogP contribution in [-0.2, 0) is 28.6 Å². The fraction of sp³-hybridized carbons (Fsp3) is 0.350. The van der Waals surface area contributed by atoms with Gasteiger partial charge in [0.05, 0.1) is 23.9 Å². The number of alkyl halides is 3. The Labute approximate surface area is 180 Å².